The summed E-state index contributed by atoms with van der Waals surface area (Å²) in [5.74, 6) is 1.49. The number of benzene rings is 1. The van der Waals surface area contributed by atoms with Gasteiger partial charge in [-0.25, -0.2) is 0 Å². The molecule has 1 heterocycles. The Kier molecular flexibility index (Phi) is 5.63. The van der Waals surface area contributed by atoms with Gasteiger partial charge in [0.25, 0.3) is 0 Å². The lowest BCUT2D eigenvalue weighted by molar-refractivity contribution is -0.127. The molecule has 2 atom stereocenters. The van der Waals surface area contributed by atoms with Crippen molar-refractivity contribution >= 4 is 5.91 Å². The molecule has 122 valence electrons. The number of hydrogen-bond acceptors (Lipinski definition) is 5. The molecule has 0 spiro atoms. The van der Waals surface area contributed by atoms with E-state index in [1.54, 1.807) is 32.4 Å². The highest BCUT2D eigenvalue weighted by molar-refractivity contribution is 5.78. The fraction of sp³-hybridized carbons (Fsp3) is 0.562. The van der Waals surface area contributed by atoms with Crippen LogP contribution < -0.4 is 20.1 Å². The maximum Gasteiger partial charge on any atom is 0.223 e. The highest BCUT2D eigenvalue weighted by Gasteiger charge is 2.29. The number of carbonyl (C=O) groups excluding carboxylic acids is 1. The first-order valence-electron chi connectivity index (χ1n) is 7.45. The number of methoxy groups -OCH3 is 2. The fourth-order valence-electron chi connectivity index (χ4n) is 2.45. The molecule has 1 saturated heterocycles. The van der Waals surface area contributed by atoms with Gasteiger partial charge < -0.3 is 25.2 Å². The van der Waals surface area contributed by atoms with Crippen molar-refractivity contribution in [1.82, 2.24) is 10.6 Å². The van der Waals surface area contributed by atoms with Crippen LogP contribution in [-0.4, -0.2) is 44.9 Å². The summed E-state index contributed by atoms with van der Waals surface area (Å²) in [6.07, 6.45) is -0.847. The lowest BCUT2D eigenvalue weighted by atomic mass is 9.88. The molecule has 0 saturated carbocycles. The average molecular weight is 308 g/mol. The fourth-order valence-corrected chi connectivity index (χ4v) is 2.45. The van der Waals surface area contributed by atoms with Crippen LogP contribution in [0.15, 0.2) is 18.2 Å². The van der Waals surface area contributed by atoms with Gasteiger partial charge in [-0.15, -0.1) is 0 Å². The van der Waals surface area contributed by atoms with Gasteiger partial charge in [-0.05, 0) is 37.2 Å². The number of amides is 1. The first kappa shape index (κ1) is 16.6. The topological polar surface area (TPSA) is 79.8 Å². The lowest BCUT2D eigenvalue weighted by Crippen LogP contribution is -2.50. The molecular weight excluding hydrogens is 284 g/mol. The van der Waals surface area contributed by atoms with Gasteiger partial charge in [-0.1, -0.05) is 6.92 Å². The van der Waals surface area contributed by atoms with Gasteiger partial charge in [0.15, 0.2) is 0 Å². The third-order valence-corrected chi connectivity index (χ3v) is 4.20. The summed E-state index contributed by atoms with van der Waals surface area (Å²) in [7, 11) is 3.11. The molecule has 3 N–H and O–H groups in total. The summed E-state index contributed by atoms with van der Waals surface area (Å²) >= 11 is 0. The first-order chi connectivity index (χ1) is 10.6. The summed E-state index contributed by atoms with van der Waals surface area (Å²) in [5, 5.41) is 16.3. The van der Waals surface area contributed by atoms with Crippen molar-refractivity contribution < 1.29 is 19.4 Å². The highest BCUT2D eigenvalue weighted by Crippen LogP contribution is 2.29. The van der Waals surface area contributed by atoms with E-state index in [2.05, 4.69) is 10.6 Å². The molecule has 0 radical (unpaired) electrons. The van der Waals surface area contributed by atoms with Crippen LogP contribution in [0.4, 0.5) is 0 Å². The van der Waals surface area contributed by atoms with E-state index in [0.29, 0.717) is 23.0 Å². The molecule has 22 heavy (non-hydrogen) atoms. The Labute approximate surface area is 130 Å². The highest BCUT2D eigenvalue weighted by atomic mass is 16.5. The van der Waals surface area contributed by atoms with Crippen LogP contribution in [0.25, 0.3) is 0 Å². The number of aliphatic hydroxyl groups excluding tert-OH is 1. The molecule has 0 aromatic heterocycles. The van der Waals surface area contributed by atoms with E-state index in [1.807, 2.05) is 6.92 Å². The van der Waals surface area contributed by atoms with Crippen LogP contribution in [0.1, 0.15) is 18.6 Å². The Hall–Kier alpha value is -1.79. The minimum Gasteiger partial charge on any atom is -0.497 e. The number of nitrogens with one attached hydrogen (secondary N) is 2. The van der Waals surface area contributed by atoms with Gasteiger partial charge in [0.05, 0.1) is 20.3 Å². The third-order valence-electron chi connectivity index (χ3n) is 4.20. The number of rotatable bonds is 7. The van der Waals surface area contributed by atoms with Crippen LogP contribution in [0.3, 0.4) is 0 Å². The maximum absolute atomic E-state index is 12.1. The van der Waals surface area contributed by atoms with E-state index in [1.165, 1.54) is 0 Å². The minimum absolute atomic E-state index is 0.0348. The normalized spacial score (nSPS) is 17.3. The Balaban J connectivity index is 1.96. The van der Waals surface area contributed by atoms with Gasteiger partial charge in [0, 0.05) is 18.0 Å². The van der Waals surface area contributed by atoms with Gasteiger partial charge in [-0.3, -0.25) is 4.79 Å². The van der Waals surface area contributed by atoms with Crippen LogP contribution in [0.5, 0.6) is 11.5 Å². The molecule has 1 aliphatic heterocycles. The van der Waals surface area contributed by atoms with Crippen molar-refractivity contribution in [2.24, 2.45) is 11.8 Å². The van der Waals surface area contributed by atoms with Crippen molar-refractivity contribution in [2.75, 3.05) is 33.9 Å². The molecule has 6 nitrogen and oxygen atoms in total. The van der Waals surface area contributed by atoms with Crippen molar-refractivity contribution in [2.45, 2.75) is 13.0 Å². The van der Waals surface area contributed by atoms with E-state index in [9.17, 15) is 9.90 Å². The smallest absolute Gasteiger partial charge is 0.223 e. The second kappa shape index (κ2) is 7.47. The van der Waals surface area contributed by atoms with Gasteiger partial charge in [-0.2, -0.15) is 0 Å². The number of ether oxygens (including phenoxy) is 2. The van der Waals surface area contributed by atoms with Crippen LogP contribution >= 0.6 is 0 Å². The Morgan fingerprint density at radius 1 is 1.41 bits per heavy atom. The summed E-state index contributed by atoms with van der Waals surface area (Å²) in [6, 6.07) is 5.22. The Bertz CT molecular complexity index is 517. The Morgan fingerprint density at radius 3 is 2.68 bits per heavy atom. The van der Waals surface area contributed by atoms with Gasteiger partial charge >= 0.3 is 0 Å². The predicted molar refractivity (Wildman–Crippen MR) is 83.0 cm³/mol. The first-order valence-corrected chi connectivity index (χ1v) is 7.45. The number of aliphatic hydroxyl groups is 1. The SMILES string of the molecule is COc1ccc(OC)c(C(O)CNC(=O)C(C)C2CNC2)c1. The van der Waals surface area contributed by atoms with E-state index in [4.69, 9.17) is 9.47 Å². The standard InChI is InChI=1S/C16H24N2O4/c1-10(11-7-17-8-11)16(20)18-9-14(19)13-6-12(21-2)4-5-15(13)22-3/h4-6,10-11,14,17,19H,7-9H2,1-3H3,(H,18,20). The van der Waals surface area contributed by atoms with Gasteiger partial charge in [0.2, 0.25) is 5.91 Å². The summed E-state index contributed by atoms with van der Waals surface area (Å²) in [5.41, 5.74) is 0.597. The summed E-state index contributed by atoms with van der Waals surface area (Å²) in [6.45, 7) is 3.81. The molecule has 1 aliphatic rings. The largest absolute Gasteiger partial charge is 0.497 e. The molecule has 2 unspecified atom stereocenters. The maximum atomic E-state index is 12.1. The third kappa shape index (κ3) is 3.69. The van der Waals surface area contributed by atoms with Crippen molar-refractivity contribution in [3.63, 3.8) is 0 Å². The molecule has 1 amide bonds. The van der Waals surface area contributed by atoms with Crippen LogP contribution in [0, 0.1) is 11.8 Å². The molecule has 1 aromatic rings. The zero-order chi connectivity index (χ0) is 16.1. The van der Waals surface area contributed by atoms with E-state index < -0.39 is 6.10 Å². The molecule has 6 heteroatoms. The lowest BCUT2D eigenvalue weighted by Gasteiger charge is -2.32. The predicted octanol–water partition coefficient (Wildman–Crippen LogP) is 0.709. The summed E-state index contributed by atoms with van der Waals surface area (Å²) in [4.78, 5) is 12.1. The Morgan fingerprint density at radius 2 is 2.14 bits per heavy atom. The van der Waals surface area contributed by atoms with Crippen molar-refractivity contribution in [1.29, 1.82) is 0 Å². The monoisotopic (exact) mass is 308 g/mol. The molecule has 1 aromatic carbocycles. The second-order valence-electron chi connectivity index (χ2n) is 5.58. The molecule has 0 bridgehead atoms. The molecular formula is C16H24N2O4. The minimum atomic E-state index is -0.847. The summed E-state index contributed by atoms with van der Waals surface area (Å²) < 4.78 is 10.4. The number of hydrogen-bond donors (Lipinski definition) is 3. The van der Waals surface area contributed by atoms with E-state index in [-0.39, 0.29) is 18.4 Å². The second-order valence-corrected chi connectivity index (χ2v) is 5.58. The van der Waals surface area contributed by atoms with Crippen molar-refractivity contribution in [3.05, 3.63) is 23.8 Å². The van der Waals surface area contributed by atoms with E-state index >= 15 is 0 Å². The van der Waals surface area contributed by atoms with Crippen LogP contribution in [0.2, 0.25) is 0 Å². The van der Waals surface area contributed by atoms with Gasteiger partial charge in [0.1, 0.15) is 11.5 Å². The quantitative estimate of drug-likeness (QED) is 0.691. The zero-order valence-electron chi connectivity index (χ0n) is 13.3. The van der Waals surface area contributed by atoms with Crippen LogP contribution in [-0.2, 0) is 4.79 Å². The zero-order valence-corrected chi connectivity index (χ0v) is 13.3. The average Bonchev–Trinajstić information content (AvgIpc) is 2.49. The molecule has 1 fully saturated rings. The molecule has 2 rings (SSSR count). The molecule has 0 aliphatic carbocycles. The van der Waals surface area contributed by atoms with Crippen molar-refractivity contribution in [3.8, 4) is 11.5 Å². The van der Waals surface area contributed by atoms with E-state index in [0.717, 1.165) is 13.1 Å². The number of carbonyl (C=O) groups is 1.